The van der Waals surface area contributed by atoms with E-state index >= 15 is 0 Å². The molecule has 15 nitrogen and oxygen atoms in total. The van der Waals surface area contributed by atoms with Crippen molar-refractivity contribution in [2.75, 3.05) is 46.2 Å². The number of hydrogen-bond donors (Lipinski definition) is 3. The number of aliphatic imine (C=N–C) groups is 1. The van der Waals surface area contributed by atoms with Gasteiger partial charge in [0.2, 0.25) is 11.2 Å². The minimum Gasteiger partial charge on any atom is -0.367 e. The van der Waals surface area contributed by atoms with E-state index in [1.807, 2.05) is 31.3 Å². The van der Waals surface area contributed by atoms with Gasteiger partial charge in [0.1, 0.15) is 12.6 Å². The van der Waals surface area contributed by atoms with Crippen LogP contribution >= 0.6 is 46.4 Å². The van der Waals surface area contributed by atoms with Crippen LogP contribution < -0.4 is 21.9 Å². The number of non-ortho nitro benzene ring substituents is 1. The lowest BCUT2D eigenvalue weighted by molar-refractivity contribution is -0.384. The molecule has 1 amide bonds. The highest BCUT2D eigenvalue weighted by Crippen LogP contribution is 2.42. The Hall–Kier alpha value is -6.95. The van der Waals surface area contributed by atoms with Crippen LogP contribution in [0.5, 0.6) is 0 Å². The molecule has 0 saturated carbocycles. The number of aromatic nitrogens is 4. The summed E-state index contributed by atoms with van der Waals surface area (Å²) in [5, 5.41) is 18.9. The van der Waals surface area contributed by atoms with Crippen LogP contribution in [-0.4, -0.2) is 81.4 Å². The molecule has 3 heterocycles. The van der Waals surface area contributed by atoms with Gasteiger partial charge in [-0.15, -0.1) is 0 Å². The molecule has 8 aromatic rings. The van der Waals surface area contributed by atoms with E-state index in [1.54, 1.807) is 24.3 Å². The van der Waals surface area contributed by atoms with Gasteiger partial charge in [-0.05, 0) is 97.7 Å². The van der Waals surface area contributed by atoms with E-state index in [2.05, 4.69) is 123 Å². The average Bonchev–Trinajstić information content (AvgIpc) is 3.74. The van der Waals surface area contributed by atoms with E-state index in [0.717, 1.165) is 30.6 Å². The van der Waals surface area contributed by atoms with Crippen LogP contribution in [-0.2, 0) is 23.6 Å². The Morgan fingerprint density at radius 3 is 2.03 bits per heavy atom. The SMILES string of the molecule is CN(C)CCOC(c1ccccc1)c1ccccc1.CN[C@H]1CC[C@@H](c2ccc(Cl)c(Cl)c2)c2ccccc21.Cn1c(=O)c2[nH]c(Cl)nc2n(C)c1=O.O=C1CN=C(c2ccccc2Cl)c2cc([N+](=O)[O-])ccc2N1. The molecule has 0 spiro atoms. The number of benzodiazepines with no additional fused rings is 1. The van der Waals surface area contributed by atoms with E-state index in [4.69, 9.17) is 51.1 Å². The second kappa shape index (κ2) is 26.0. The summed E-state index contributed by atoms with van der Waals surface area (Å²) in [6.45, 7) is 1.58. The normalized spacial score (nSPS) is 14.7. The number of nitro groups is 1. The number of fused-ring (bicyclic) bond motifs is 3. The van der Waals surface area contributed by atoms with Gasteiger partial charge in [0.05, 0.1) is 33.0 Å². The molecule has 0 unspecified atom stereocenters. The monoisotopic (exact) mass is 1090 g/mol. The predicted octanol–water partition coefficient (Wildman–Crippen LogP) is 11.2. The maximum atomic E-state index is 11.7. The van der Waals surface area contributed by atoms with E-state index in [-0.39, 0.29) is 40.7 Å². The lowest BCUT2D eigenvalue weighted by Gasteiger charge is -2.32. The topological polar surface area (TPSA) is 182 Å². The number of likely N-dealkylation sites (N-methyl/N-ethyl adjacent to an activating group) is 1. The Balaban J connectivity index is 0.000000147. The average molecular weight is 1090 g/mol. The summed E-state index contributed by atoms with van der Waals surface area (Å²) in [5.41, 5.74) is 8.07. The first kappa shape index (κ1) is 55.8. The van der Waals surface area contributed by atoms with Gasteiger partial charge in [-0.2, -0.15) is 4.98 Å². The van der Waals surface area contributed by atoms with E-state index in [1.165, 1.54) is 64.7 Å². The van der Waals surface area contributed by atoms with Crippen molar-refractivity contribution in [1.29, 1.82) is 0 Å². The summed E-state index contributed by atoms with van der Waals surface area (Å²) in [5.74, 6) is 0.128. The summed E-state index contributed by atoms with van der Waals surface area (Å²) in [4.78, 5) is 58.1. The third-order valence-electron chi connectivity index (χ3n) is 12.5. The number of carbonyl (C=O) groups excluding carboxylic acids is 1. The zero-order valence-corrected chi connectivity index (χ0v) is 44.8. The number of halogens is 4. The number of hydrogen-bond acceptors (Lipinski definition) is 10. The number of anilines is 1. The Kier molecular flexibility index (Phi) is 19.3. The first-order valence-electron chi connectivity index (χ1n) is 23.8. The van der Waals surface area contributed by atoms with Crippen molar-refractivity contribution in [1.82, 2.24) is 29.3 Å². The first-order chi connectivity index (χ1) is 36.1. The highest BCUT2D eigenvalue weighted by Gasteiger charge is 2.28. The summed E-state index contributed by atoms with van der Waals surface area (Å²) in [6, 6.07) is 47.2. The number of carbonyl (C=O) groups is 1. The predicted molar refractivity (Wildman–Crippen MR) is 300 cm³/mol. The molecule has 19 heteroatoms. The number of aromatic amines is 1. The summed E-state index contributed by atoms with van der Waals surface area (Å²) < 4.78 is 8.34. The minimum atomic E-state index is -0.489. The van der Waals surface area contributed by atoms with Gasteiger partial charge in [-0.1, -0.05) is 144 Å². The molecule has 3 N–H and O–H groups in total. The number of nitrogens with one attached hydrogen (secondary N) is 3. The third kappa shape index (κ3) is 13.9. The first-order valence-corrected chi connectivity index (χ1v) is 25.3. The molecule has 0 fully saturated rings. The van der Waals surface area contributed by atoms with Gasteiger partial charge in [0.25, 0.3) is 11.2 Å². The largest absolute Gasteiger partial charge is 0.367 e. The highest BCUT2D eigenvalue weighted by atomic mass is 35.5. The summed E-state index contributed by atoms with van der Waals surface area (Å²) >= 11 is 24.0. The number of aryl methyl sites for hydroxylation is 1. The van der Waals surface area contributed by atoms with Crippen LogP contribution in [0.25, 0.3) is 11.2 Å². The fourth-order valence-corrected chi connectivity index (χ4v) is 9.42. The second-order valence-electron chi connectivity index (χ2n) is 17.8. The van der Waals surface area contributed by atoms with Crippen LogP contribution in [0.4, 0.5) is 11.4 Å². The number of imidazole rings is 1. The fourth-order valence-electron chi connectivity index (χ4n) is 8.72. The van der Waals surface area contributed by atoms with E-state index < -0.39 is 16.2 Å². The van der Waals surface area contributed by atoms with Crippen LogP contribution in [0.2, 0.25) is 20.4 Å². The molecule has 2 aliphatic rings. The van der Waals surface area contributed by atoms with Crippen molar-refractivity contribution < 1.29 is 14.5 Å². The van der Waals surface area contributed by atoms with Crippen molar-refractivity contribution in [3.8, 4) is 0 Å². The summed E-state index contributed by atoms with van der Waals surface area (Å²) in [7, 11) is 9.08. The van der Waals surface area contributed by atoms with Crippen molar-refractivity contribution in [2.24, 2.45) is 19.1 Å². The van der Waals surface area contributed by atoms with E-state index in [0.29, 0.717) is 49.6 Å². The minimum absolute atomic E-state index is 0.0161. The molecule has 1 aliphatic heterocycles. The molecule has 75 heavy (non-hydrogen) atoms. The lowest BCUT2D eigenvalue weighted by atomic mass is 9.77. The Labute approximate surface area is 453 Å². The molecule has 0 radical (unpaired) electrons. The molecule has 2 aromatic heterocycles. The Bertz CT molecular complexity index is 3400. The number of amides is 1. The Morgan fingerprint density at radius 2 is 1.40 bits per heavy atom. The molecule has 2 atom stereocenters. The number of H-pyrrole nitrogens is 1. The number of ether oxygens (including phenoxy) is 1. The van der Waals surface area contributed by atoms with Gasteiger partial charge in [-0.25, -0.2) is 4.79 Å². The van der Waals surface area contributed by atoms with Gasteiger partial charge >= 0.3 is 5.69 Å². The zero-order chi connectivity index (χ0) is 53.8. The fraction of sp³-hybridized carbons (Fsp3) is 0.232. The highest BCUT2D eigenvalue weighted by molar-refractivity contribution is 6.42. The standard InChI is InChI=1S/C17H17Cl2N.C17H21NO.C15H10ClN3O3.C7H7ClN4O2/c1-20-17-9-7-12(13-4-2-3-5-14(13)17)11-6-8-15(18)16(19)10-11;1-18(2)13-14-19-17(15-9-5-3-6-10-15)16-11-7-4-8-12-16;16-12-4-2-1-3-10(12)15-11-7-9(19(21)22)5-6-13(11)18-14(20)8-17-15;1-11-4-3(9-6(8)10-4)5(13)12(2)7(11)14/h2-6,8,10,12,17,20H,7,9H2,1H3;3-12,17H,13-14H2,1-2H3;1-7H,8H2,(H,18,20);1-2H3,(H,9,10)/t12-,17-;;;/m0.../s1. The van der Waals surface area contributed by atoms with Crippen molar-refractivity contribution in [3.05, 3.63) is 236 Å². The molecular weight excluding hydrogens is 1040 g/mol. The zero-order valence-electron chi connectivity index (χ0n) is 41.8. The van der Waals surface area contributed by atoms with E-state index in [9.17, 15) is 24.5 Å². The maximum absolute atomic E-state index is 11.7. The Morgan fingerprint density at radius 1 is 0.760 bits per heavy atom. The summed E-state index contributed by atoms with van der Waals surface area (Å²) in [6.07, 6.45) is 2.28. The van der Waals surface area contributed by atoms with Crippen molar-refractivity contribution in [3.63, 3.8) is 0 Å². The maximum Gasteiger partial charge on any atom is 0.332 e. The van der Waals surface area contributed by atoms with Gasteiger partial charge in [0.15, 0.2) is 11.2 Å². The molecule has 388 valence electrons. The quantitative estimate of drug-likeness (QED) is 0.0682. The van der Waals surface area contributed by atoms with Gasteiger partial charge in [0, 0.05) is 60.9 Å². The number of benzene rings is 6. The van der Waals surface area contributed by atoms with Crippen LogP contribution in [0.1, 0.15) is 69.8 Å². The van der Waals surface area contributed by atoms with Gasteiger partial charge in [-0.3, -0.25) is 33.8 Å². The smallest absolute Gasteiger partial charge is 0.332 e. The third-order valence-corrected chi connectivity index (χ3v) is 13.8. The number of rotatable bonds is 10. The van der Waals surface area contributed by atoms with Crippen molar-refractivity contribution >= 4 is 80.6 Å². The van der Waals surface area contributed by atoms with Crippen LogP contribution in [0, 0.1) is 10.1 Å². The van der Waals surface area contributed by atoms with Crippen LogP contribution in [0.3, 0.4) is 0 Å². The molecule has 0 bridgehead atoms. The second-order valence-corrected chi connectivity index (χ2v) is 19.3. The number of nitro benzene ring substituents is 1. The molecule has 10 rings (SSSR count). The number of nitrogens with zero attached hydrogens (tertiary/aromatic N) is 6. The van der Waals surface area contributed by atoms with Crippen molar-refractivity contribution in [2.45, 2.75) is 30.9 Å². The molecule has 1 aliphatic carbocycles. The molecule has 6 aromatic carbocycles. The molecule has 0 saturated heterocycles. The molecular formula is C56H55Cl4N9O6. The van der Waals surface area contributed by atoms with Gasteiger partial charge < -0.3 is 25.3 Å². The van der Waals surface area contributed by atoms with Crippen LogP contribution in [0.15, 0.2) is 160 Å². The lowest BCUT2D eigenvalue weighted by Crippen LogP contribution is -2.36.